The van der Waals surface area contributed by atoms with Crippen LogP contribution in [0.5, 0.6) is 0 Å². The lowest BCUT2D eigenvalue weighted by Crippen LogP contribution is -2.56. The molecule has 0 aromatic heterocycles. The van der Waals surface area contributed by atoms with E-state index in [9.17, 15) is 19.5 Å². The molecule has 0 heterocycles. The highest BCUT2D eigenvalue weighted by atomic mass is 16.4. The van der Waals surface area contributed by atoms with Gasteiger partial charge in [0.15, 0.2) is 0 Å². The molecule has 46 heavy (non-hydrogen) atoms. The Morgan fingerprint density at radius 1 is 0.478 bits per heavy atom. The van der Waals surface area contributed by atoms with Gasteiger partial charge < -0.3 is 35.3 Å². The Kier molecular flexibility index (Phi) is 25.1. The van der Waals surface area contributed by atoms with Crippen molar-refractivity contribution in [3.05, 3.63) is 0 Å². The minimum absolute atomic E-state index is 0.0430. The zero-order valence-corrected chi connectivity index (χ0v) is 31.3. The van der Waals surface area contributed by atoms with E-state index in [1.54, 1.807) is 0 Å². The molecule has 0 aliphatic rings. The Bertz CT molecular complexity index is 746. The van der Waals surface area contributed by atoms with Crippen molar-refractivity contribution in [3.63, 3.8) is 0 Å². The molecule has 0 aromatic carbocycles. The third kappa shape index (κ3) is 16.3. The number of nitrogens with one attached hydrogen (secondary N) is 2. The molecule has 0 radical (unpaired) electrons. The molecule has 12 nitrogen and oxygen atoms in total. The van der Waals surface area contributed by atoms with Gasteiger partial charge in [-0.2, -0.15) is 0 Å². The minimum Gasteiger partial charge on any atom is -0.481 e. The van der Waals surface area contributed by atoms with E-state index >= 15 is 0 Å². The van der Waals surface area contributed by atoms with Gasteiger partial charge in [-0.3, -0.25) is 24.2 Å². The molecule has 0 spiro atoms. The second-order valence-electron chi connectivity index (χ2n) is 11.8. The molecule has 0 rings (SSSR count). The van der Waals surface area contributed by atoms with Crippen molar-refractivity contribution < 1.29 is 19.5 Å². The molecule has 272 valence electrons. The second-order valence-corrected chi connectivity index (χ2v) is 11.8. The first-order valence-corrected chi connectivity index (χ1v) is 18.2. The van der Waals surface area contributed by atoms with Gasteiger partial charge in [-0.25, -0.2) is 0 Å². The van der Waals surface area contributed by atoms with Crippen LogP contribution >= 0.6 is 0 Å². The number of carboxylic acid groups (broad SMARTS) is 1. The summed E-state index contributed by atoms with van der Waals surface area (Å²) in [5.41, 5.74) is 0. The van der Waals surface area contributed by atoms with Crippen LogP contribution in [0.4, 0.5) is 0 Å². The standard InChI is InChI=1S/C34H72N8O4/c1-11-37(12-2)21-23-39(15-5)27-30(41(17-7)18-8)32(43)35-25-29(34(45)46)26-36-33(44)31(42(19-9)20-10)28-40(16-6)24-22-38(13-3)14-4/h29-31H,11-28H2,1-10H3,(H,35,43)(H,36,44)(H,45,46)/t30-,31-/m0/s1. The van der Waals surface area contributed by atoms with Crippen molar-refractivity contribution in [2.45, 2.75) is 81.3 Å². The third-order valence-electron chi connectivity index (χ3n) is 9.52. The SMILES string of the molecule is CCN(CC)CCN(CC)C[C@@H](C(=O)NCC(CNC(=O)[C@H](CN(CC)CCN(CC)CC)N(CC)CC)C(=O)O)N(CC)CC. The van der Waals surface area contributed by atoms with Crippen LogP contribution < -0.4 is 10.6 Å². The quantitative estimate of drug-likeness (QED) is 0.110. The molecule has 0 saturated heterocycles. The number of hydrogen-bond acceptors (Lipinski definition) is 9. The van der Waals surface area contributed by atoms with Gasteiger partial charge in [-0.15, -0.1) is 0 Å². The summed E-state index contributed by atoms with van der Waals surface area (Å²) in [6.45, 7) is 34.2. The van der Waals surface area contributed by atoms with Gasteiger partial charge in [0.2, 0.25) is 11.8 Å². The summed E-state index contributed by atoms with van der Waals surface area (Å²) >= 11 is 0. The van der Waals surface area contributed by atoms with E-state index in [1.165, 1.54) is 0 Å². The van der Waals surface area contributed by atoms with Crippen molar-refractivity contribution in [2.75, 3.05) is 118 Å². The van der Waals surface area contributed by atoms with Gasteiger partial charge in [-0.1, -0.05) is 69.2 Å². The minimum atomic E-state index is -1.04. The van der Waals surface area contributed by atoms with E-state index in [-0.39, 0.29) is 37.0 Å². The molecular weight excluding hydrogens is 584 g/mol. The van der Waals surface area contributed by atoms with Crippen LogP contribution in [0.1, 0.15) is 69.2 Å². The van der Waals surface area contributed by atoms with Crippen molar-refractivity contribution in [2.24, 2.45) is 5.92 Å². The molecule has 0 saturated carbocycles. The molecule has 0 unspecified atom stereocenters. The Labute approximate surface area is 282 Å². The number of likely N-dealkylation sites (N-methyl/N-ethyl adjacent to an activating group) is 6. The molecule has 2 atom stereocenters. The fourth-order valence-corrected chi connectivity index (χ4v) is 5.88. The highest BCUT2D eigenvalue weighted by Crippen LogP contribution is 2.07. The normalized spacial score (nSPS) is 13.5. The molecule has 0 aliphatic carbocycles. The van der Waals surface area contributed by atoms with Crippen molar-refractivity contribution >= 4 is 17.8 Å². The number of rotatable bonds is 29. The number of aliphatic carboxylic acids is 1. The van der Waals surface area contributed by atoms with Gasteiger partial charge in [0.1, 0.15) is 12.1 Å². The van der Waals surface area contributed by atoms with Gasteiger partial charge in [0.05, 0.1) is 5.92 Å². The monoisotopic (exact) mass is 657 g/mol. The molecule has 12 heteroatoms. The predicted molar refractivity (Wildman–Crippen MR) is 190 cm³/mol. The smallest absolute Gasteiger partial charge is 0.310 e. The summed E-state index contributed by atoms with van der Waals surface area (Å²) in [6.07, 6.45) is 0. The van der Waals surface area contributed by atoms with Gasteiger partial charge in [-0.05, 0) is 65.4 Å². The Hall–Kier alpha value is -1.83. The third-order valence-corrected chi connectivity index (χ3v) is 9.52. The van der Waals surface area contributed by atoms with E-state index in [2.05, 4.69) is 81.6 Å². The molecule has 3 N–H and O–H groups in total. The number of carboxylic acids is 1. The van der Waals surface area contributed by atoms with E-state index in [0.29, 0.717) is 13.1 Å². The maximum atomic E-state index is 13.6. The largest absolute Gasteiger partial charge is 0.481 e. The maximum Gasteiger partial charge on any atom is 0.310 e. The van der Waals surface area contributed by atoms with Gasteiger partial charge in [0.25, 0.3) is 0 Å². The first kappa shape index (κ1) is 44.2. The maximum absolute atomic E-state index is 13.6. The first-order chi connectivity index (χ1) is 22.0. The Morgan fingerprint density at radius 2 is 0.761 bits per heavy atom. The summed E-state index contributed by atoms with van der Waals surface area (Å²) in [5, 5.41) is 15.9. The van der Waals surface area contributed by atoms with Crippen LogP contribution in [0.15, 0.2) is 0 Å². The average Bonchev–Trinajstić information content (AvgIpc) is 3.06. The van der Waals surface area contributed by atoms with Crippen LogP contribution in [-0.4, -0.2) is 182 Å². The molecule has 0 aliphatic heterocycles. The summed E-state index contributed by atoms with van der Waals surface area (Å²) in [4.78, 5) is 53.0. The summed E-state index contributed by atoms with van der Waals surface area (Å²) < 4.78 is 0. The van der Waals surface area contributed by atoms with Crippen molar-refractivity contribution in [1.82, 2.24) is 40.0 Å². The van der Waals surface area contributed by atoms with Crippen LogP contribution in [0, 0.1) is 5.92 Å². The molecule has 2 amide bonds. The van der Waals surface area contributed by atoms with E-state index in [0.717, 1.165) is 91.6 Å². The number of nitrogens with zero attached hydrogens (tertiary/aromatic N) is 6. The van der Waals surface area contributed by atoms with E-state index < -0.39 is 11.9 Å². The number of carbonyl (C=O) groups excluding carboxylic acids is 2. The zero-order valence-electron chi connectivity index (χ0n) is 31.3. The van der Waals surface area contributed by atoms with Gasteiger partial charge >= 0.3 is 5.97 Å². The van der Waals surface area contributed by atoms with Crippen LogP contribution in [0.2, 0.25) is 0 Å². The average molecular weight is 657 g/mol. The second kappa shape index (κ2) is 26.2. The lowest BCUT2D eigenvalue weighted by Gasteiger charge is -2.34. The van der Waals surface area contributed by atoms with E-state index in [4.69, 9.17) is 0 Å². The lowest BCUT2D eigenvalue weighted by molar-refractivity contribution is -0.141. The van der Waals surface area contributed by atoms with Crippen LogP contribution in [0.3, 0.4) is 0 Å². The molecular formula is C34H72N8O4. The summed E-state index contributed by atoms with van der Waals surface area (Å²) in [5.74, 6) is -2.31. The predicted octanol–water partition coefficient (Wildman–Crippen LogP) is 1.67. The van der Waals surface area contributed by atoms with Crippen molar-refractivity contribution in [1.29, 1.82) is 0 Å². The van der Waals surface area contributed by atoms with Crippen LogP contribution in [-0.2, 0) is 14.4 Å². The van der Waals surface area contributed by atoms with Crippen LogP contribution in [0.25, 0.3) is 0 Å². The highest BCUT2D eigenvalue weighted by Gasteiger charge is 2.30. The zero-order chi connectivity index (χ0) is 35.1. The van der Waals surface area contributed by atoms with Crippen molar-refractivity contribution in [3.8, 4) is 0 Å². The molecule has 0 bridgehead atoms. The van der Waals surface area contributed by atoms with E-state index in [1.807, 2.05) is 27.7 Å². The fraction of sp³-hybridized carbons (Fsp3) is 0.912. The highest BCUT2D eigenvalue weighted by molar-refractivity contribution is 5.84. The van der Waals surface area contributed by atoms with Gasteiger partial charge in [0, 0.05) is 52.4 Å². The number of hydrogen-bond donors (Lipinski definition) is 3. The Morgan fingerprint density at radius 3 is 1.00 bits per heavy atom. The topological polar surface area (TPSA) is 115 Å². The number of carbonyl (C=O) groups is 3. The summed E-state index contributed by atoms with van der Waals surface area (Å²) in [7, 11) is 0. The lowest BCUT2D eigenvalue weighted by atomic mass is 10.1. The number of amides is 2. The molecule has 0 fully saturated rings. The first-order valence-electron chi connectivity index (χ1n) is 18.2. The summed E-state index contributed by atoms with van der Waals surface area (Å²) in [6, 6.07) is -0.779. The molecule has 0 aromatic rings. The fourth-order valence-electron chi connectivity index (χ4n) is 5.88. The Balaban J connectivity index is 5.56.